The van der Waals surface area contributed by atoms with Gasteiger partial charge in [0.25, 0.3) is 0 Å². The maximum Gasteiger partial charge on any atom is 0.240 e. The third-order valence-corrected chi connectivity index (χ3v) is 6.73. The second-order valence-electron chi connectivity index (χ2n) is 8.51. The van der Waals surface area contributed by atoms with Crippen LogP contribution in [0.15, 0.2) is 84.1 Å². The summed E-state index contributed by atoms with van der Waals surface area (Å²) in [5.41, 5.74) is 4.04. The molecule has 1 N–H and O–H groups in total. The van der Waals surface area contributed by atoms with E-state index in [1.165, 1.54) is 17.3 Å². The summed E-state index contributed by atoms with van der Waals surface area (Å²) in [7, 11) is 0. The Bertz CT molecular complexity index is 1220. The lowest BCUT2D eigenvalue weighted by atomic mass is 10.1. The van der Waals surface area contributed by atoms with Crippen LogP contribution in [0.2, 0.25) is 0 Å². The lowest BCUT2D eigenvalue weighted by Crippen LogP contribution is -2.34. The third kappa shape index (κ3) is 5.72. The van der Waals surface area contributed by atoms with Crippen LogP contribution in [0.5, 0.6) is 0 Å². The predicted octanol–water partition coefficient (Wildman–Crippen LogP) is 5.65. The molecule has 174 valence electrons. The SMILES string of the molecule is CCn1c(SC(C)(C)C(=O)Nc2ccccc2)nnc1-c1ccc(CCc2ccccc2)nc1. The van der Waals surface area contributed by atoms with E-state index in [-0.39, 0.29) is 5.91 Å². The van der Waals surface area contributed by atoms with Crippen molar-refractivity contribution < 1.29 is 4.79 Å². The van der Waals surface area contributed by atoms with Gasteiger partial charge in [-0.2, -0.15) is 0 Å². The molecule has 0 atom stereocenters. The summed E-state index contributed by atoms with van der Waals surface area (Å²) in [4.78, 5) is 17.6. The van der Waals surface area contributed by atoms with E-state index in [2.05, 4.69) is 57.8 Å². The minimum absolute atomic E-state index is 0.0830. The zero-order chi connectivity index (χ0) is 24.0. The Labute approximate surface area is 204 Å². The summed E-state index contributed by atoms with van der Waals surface area (Å²) in [6.07, 6.45) is 3.70. The molecule has 0 aliphatic rings. The van der Waals surface area contributed by atoms with Crippen molar-refractivity contribution in [3.05, 3.63) is 90.3 Å². The summed E-state index contributed by atoms with van der Waals surface area (Å²) in [5.74, 6) is 0.673. The van der Waals surface area contributed by atoms with E-state index in [0.717, 1.165) is 35.6 Å². The van der Waals surface area contributed by atoms with Gasteiger partial charge in [0.05, 0.1) is 4.75 Å². The van der Waals surface area contributed by atoms with Gasteiger partial charge in [0.2, 0.25) is 5.91 Å². The van der Waals surface area contributed by atoms with Crippen LogP contribution in [0.1, 0.15) is 32.0 Å². The Balaban J connectivity index is 1.45. The smallest absolute Gasteiger partial charge is 0.240 e. The summed E-state index contributed by atoms with van der Waals surface area (Å²) in [5, 5.41) is 12.5. The number of nitrogens with zero attached hydrogens (tertiary/aromatic N) is 4. The lowest BCUT2D eigenvalue weighted by Gasteiger charge is -2.22. The molecule has 0 aliphatic carbocycles. The van der Waals surface area contributed by atoms with Crippen molar-refractivity contribution in [3.8, 4) is 11.4 Å². The quantitative estimate of drug-likeness (QED) is 0.319. The molecule has 0 unspecified atom stereocenters. The number of carbonyl (C=O) groups excluding carboxylic acids is 1. The number of amides is 1. The number of thioether (sulfide) groups is 1. The Morgan fingerprint density at radius 1 is 0.941 bits per heavy atom. The molecule has 4 rings (SSSR count). The van der Waals surface area contributed by atoms with Gasteiger partial charge in [-0.1, -0.05) is 60.3 Å². The standard InChI is InChI=1S/C27H29N5OS/c1-4-32-24(21-16-18-22(28-19-21)17-15-20-11-7-5-8-12-20)30-31-26(32)34-27(2,3)25(33)29-23-13-9-6-10-14-23/h5-14,16,18-19H,4,15,17H2,1-3H3,(H,29,33). The topological polar surface area (TPSA) is 72.7 Å². The Morgan fingerprint density at radius 3 is 2.29 bits per heavy atom. The average Bonchev–Trinajstić information content (AvgIpc) is 3.26. The normalized spacial score (nSPS) is 11.4. The molecular formula is C27H29N5OS. The van der Waals surface area contributed by atoms with Gasteiger partial charge in [-0.05, 0) is 63.4 Å². The molecule has 0 saturated carbocycles. The van der Waals surface area contributed by atoms with E-state index in [1.807, 2.05) is 67.1 Å². The number of carbonyl (C=O) groups is 1. The van der Waals surface area contributed by atoms with Crippen LogP contribution in [-0.2, 0) is 24.2 Å². The minimum Gasteiger partial charge on any atom is -0.325 e. The Kier molecular flexibility index (Phi) is 7.43. The van der Waals surface area contributed by atoms with Crippen molar-refractivity contribution in [3.63, 3.8) is 0 Å². The van der Waals surface area contributed by atoms with Gasteiger partial charge in [0, 0.05) is 29.7 Å². The molecule has 2 heterocycles. The molecule has 0 fully saturated rings. The highest BCUT2D eigenvalue weighted by Gasteiger charge is 2.32. The number of aryl methyl sites for hydroxylation is 2. The third-order valence-electron chi connectivity index (χ3n) is 5.55. The number of benzene rings is 2. The molecule has 6 nitrogen and oxygen atoms in total. The molecule has 7 heteroatoms. The largest absolute Gasteiger partial charge is 0.325 e. The van der Waals surface area contributed by atoms with Gasteiger partial charge in [-0.25, -0.2) is 0 Å². The highest BCUT2D eigenvalue weighted by molar-refractivity contribution is 8.01. The number of pyridine rings is 1. The fourth-order valence-corrected chi connectivity index (χ4v) is 4.57. The highest BCUT2D eigenvalue weighted by Crippen LogP contribution is 2.34. The van der Waals surface area contributed by atoms with E-state index in [4.69, 9.17) is 0 Å². The number of hydrogen-bond acceptors (Lipinski definition) is 5. The van der Waals surface area contributed by atoms with Gasteiger partial charge >= 0.3 is 0 Å². The average molecular weight is 472 g/mol. The Morgan fingerprint density at radius 2 is 1.65 bits per heavy atom. The van der Waals surface area contributed by atoms with E-state index < -0.39 is 4.75 Å². The number of aromatic nitrogens is 4. The van der Waals surface area contributed by atoms with Crippen molar-refractivity contribution in [2.45, 2.75) is 50.1 Å². The predicted molar refractivity (Wildman–Crippen MR) is 138 cm³/mol. The number of nitrogens with one attached hydrogen (secondary N) is 1. The van der Waals surface area contributed by atoms with Crippen molar-refractivity contribution in [1.29, 1.82) is 0 Å². The van der Waals surface area contributed by atoms with Gasteiger partial charge in [-0.15, -0.1) is 10.2 Å². The molecule has 2 aromatic heterocycles. The van der Waals surface area contributed by atoms with E-state index in [1.54, 1.807) is 0 Å². The number of anilines is 1. The van der Waals surface area contributed by atoms with Crippen LogP contribution in [0, 0.1) is 0 Å². The van der Waals surface area contributed by atoms with Gasteiger partial charge < -0.3 is 9.88 Å². The monoisotopic (exact) mass is 471 g/mol. The molecule has 34 heavy (non-hydrogen) atoms. The molecule has 2 aromatic carbocycles. The first-order chi connectivity index (χ1) is 16.5. The lowest BCUT2D eigenvalue weighted by molar-refractivity contribution is -0.117. The van der Waals surface area contributed by atoms with E-state index >= 15 is 0 Å². The zero-order valence-electron chi connectivity index (χ0n) is 19.7. The summed E-state index contributed by atoms with van der Waals surface area (Å²) >= 11 is 1.41. The van der Waals surface area contributed by atoms with Crippen molar-refractivity contribution in [2.24, 2.45) is 0 Å². The van der Waals surface area contributed by atoms with Crippen LogP contribution < -0.4 is 5.32 Å². The first-order valence-electron chi connectivity index (χ1n) is 11.4. The number of rotatable bonds is 9. The summed E-state index contributed by atoms with van der Waals surface area (Å²) < 4.78 is 1.30. The van der Waals surface area contributed by atoms with Gasteiger partial charge in [0.15, 0.2) is 11.0 Å². The second kappa shape index (κ2) is 10.7. The Hall–Kier alpha value is -3.45. The molecule has 0 saturated heterocycles. The van der Waals surface area contributed by atoms with Crippen LogP contribution >= 0.6 is 11.8 Å². The molecule has 0 aliphatic heterocycles. The van der Waals surface area contributed by atoms with E-state index in [0.29, 0.717) is 11.7 Å². The van der Waals surface area contributed by atoms with Gasteiger partial charge in [-0.3, -0.25) is 9.78 Å². The fourth-order valence-electron chi connectivity index (χ4n) is 3.56. The molecule has 0 radical (unpaired) electrons. The van der Waals surface area contributed by atoms with E-state index in [9.17, 15) is 4.79 Å². The van der Waals surface area contributed by atoms with Crippen LogP contribution in [-0.4, -0.2) is 30.4 Å². The van der Waals surface area contributed by atoms with Gasteiger partial charge in [0.1, 0.15) is 0 Å². The molecule has 0 spiro atoms. The first-order valence-corrected chi connectivity index (χ1v) is 12.3. The number of hydrogen-bond donors (Lipinski definition) is 1. The first kappa shape index (κ1) is 23.7. The maximum atomic E-state index is 12.9. The molecular weight excluding hydrogens is 442 g/mol. The number of para-hydroxylation sites is 1. The zero-order valence-corrected chi connectivity index (χ0v) is 20.5. The summed E-state index contributed by atoms with van der Waals surface area (Å²) in [6, 6.07) is 24.0. The maximum absolute atomic E-state index is 12.9. The van der Waals surface area contributed by atoms with Crippen LogP contribution in [0.3, 0.4) is 0 Å². The molecule has 4 aromatic rings. The van der Waals surface area contributed by atoms with Crippen LogP contribution in [0.25, 0.3) is 11.4 Å². The fraction of sp³-hybridized carbons (Fsp3) is 0.259. The molecule has 0 bridgehead atoms. The highest BCUT2D eigenvalue weighted by atomic mass is 32.2. The summed E-state index contributed by atoms with van der Waals surface area (Å²) in [6.45, 7) is 6.53. The second-order valence-corrected chi connectivity index (χ2v) is 10.1. The molecule has 1 amide bonds. The van der Waals surface area contributed by atoms with Crippen molar-refractivity contribution >= 4 is 23.4 Å². The van der Waals surface area contributed by atoms with Crippen LogP contribution in [0.4, 0.5) is 5.69 Å². The minimum atomic E-state index is -0.730. The van der Waals surface area contributed by atoms with Crippen molar-refractivity contribution in [1.82, 2.24) is 19.7 Å². The van der Waals surface area contributed by atoms with Crippen molar-refractivity contribution in [2.75, 3.05) is 5.32 Å².